The van der Waals surface area contributed by atoms with E-state index in [0.717, 1.165) is 29.7 Å². The number of hydrogen-bond donors (Lipinski definition) is 1. The summed E-state index contributed by atoms with van der Waals surface area (Å²) in [5, 5.41) is 9.26. The monoisotopic (exact) mass is 276 g/mol. The minimum Gasteiger partial charge on any atom is -0.324 e. The number of benzene rings is 1. The van der Waals surface area contributed by atoms with Gasteiger partial charge in [-0.3, -0.25) is 0 Å². The standard InChI is InChI=1S/C14H20N4S/c1-3-11-5-7-12(8-6-11)10-19-14-17-16-13(9-15)18(14)4-2/h5-8H,3-4,9-10,15H2,1-2H3. The summed E-state index contributed by atoms with van der Waals surface area (Å²) in [5.74, 6) is 1.76. The minimum absolute atomic E-state index is 0.437. The van der Waals surface area contributed by atoms with Gasteiger partial charge in [-0.25, -0.2) is 0 Å². The Morgan fingerprint density at radius 2 is 1.79 bits per heavy atom. The van der Waals surface area contributed by atoms with E-state index < -0.39 is 0 Å². The van der Waals surface area contributed by atoms with E-state index in [1.165, 1.54) is 11.1 Å². The lowest BCUT2D eigenvalue weighted by Gasteiger charge is -2.06. The van der Waals surface area contributed by atoms with Crippen molar-refractivity contribution < 1.29 is 0 Å². The van der Waals surface area contributed by atoms with E-state index in [9.17, 15) is 0 Å². The third-order valence-electron chi connectivity index (χ3n) is 3.09. The summed E-state index contributed by atoms with van der Waals surface area (Å²) in [4.78, 5) is 0. The Morgan fingerprint density at radius 3 is 2.37 bits per heavy atom. The van der Waals surface area contributed by atoms with E-state index in [0.29, 0.717) is 6.54 Å². The largest absolute Gasteiger partial charge is 0.324 e. The lowest BCUT2D eigenvalue weighted by Crippen LogP contribution is -2.08. The molecule has 19 heavy (non-hydrogen) atoms. The summed E-state index contributed by atoms with van der Waals surface area (Å²) in [6, 6.07) is 8.74. The van der Waals surface area contributed by atoms with Crippen molar-refractivity contribution in [1.82, 2.24) is 14.8 Å². The van der Waals surface area contributed by atoms with Crippen LogP contribution < -0.4 is 5.73 Å². The van der Waals surface area contributed by atoms with Crippen LogP contribution in [0.1, 0.15) is 30.8 Å². The highest BCUT2D eigenvalue weighted by Gasteiger charge is 2.09. The molecule has 4 nitrogen and oxygen atoms in total. The molecule has 5 heteroatoms. The summed E-state index contributed by atoms with van der Waals surface area (Å²) < 4.78 is 2.07. The van der Waals surface area contributed by atoms with Gasteiger partial charge in [0.25, 0.3) is 0 Å². The molecule has 1 aromatic heterocycles. The van der Waals surface area contributed by atoms with Crippen molar-refractivity contribution in [1.29, 1.82) is 0 Å². The number of hydrogen-bond acceptors (Lipinski definition) is 4. The Bertz CT molecular complexity index is 519. The van der Waals surface area contributed by atoms with Crippen LogP contribution in [0.25, 0.3) is 0 Å². The molecule has 0 bridgehead atoms. The van der Waals surface area contributed by atoms with Gasteiger partial charge in [-0.2, -0.15) is 0 Å². The molecule has 1 aromatic carbocycles. The molecule has 0 saturated heterocycles. The van der Waals surface area contributed by atoms with E-state index >= 15 is 0 Å². The molecule has 0 unspecified atom stereocenters. The van der Waals surface area contributed by atoms with E-state index in [1.54, 1.807) is 11.8 Å². The zero-order valence-electron chi connectivity index (χ0n) is 11.5. The van der Waals surface area contributed by atoms with Crippen molar-refractivity contribution in [3.63, 3.8) is 0 Å². The van der Waals surface area contributed by atoms with Gasteiger partial charge in [0.15, 0.2) is 5.16 Å². The van der Waals surface area contributed by atoms with Crippen LogP contribution >= 0.6 is 11.8 Å². The van der Waals surface area contributed by atoms with Crippen molar-refractivity contribution in [3.8, 4) is 0 Å². The predicted octanol–water partition coefficient (Wildman–Crippen LogP) is 2.61. The summed E-state index contributed by atoms with van der Waals surface area (Å²) in [6.45, 7) is 5.55. The maximum atomic E-state index is 5.65. The van der Waals surface area contributed by atoms with Crippen LogP contribution in [-0.4, -0.2) is 14.8 Å². The minimum atomic E-state index is 0.437. The second-order valence-corrected chi connectivity index (χ2v) is 5.25. The normalized spacial score (nSPS) is 10.9. The number of aryl methyl sites for hydroxylation is 1. The molecule has 0 aliphatic heterocycles. The van der Waals surface area contributed by atoms with E-state index in [1.807, 2.05) is 0 Å². The van der Waals surface area contributed by atoms with Crippen LogP contribution in [0.5, 0.6) is 0 Å². The number of thioether (sulfide) groups is 1. The molecule has 0 aliphatic carbocycles. The summed E-state index contributed by atoms with van der Waals surface area (Å²) >= 11 is 1.71. The zero-order chi connectivity index (χ0) is 13.7. The fourth-order valence-electron chi connectivity index (χ4n) is 1.91. The van der Waals surface area contributed by atoms with Crippen molar-refractivity contribution in [2.45, 2.75) is 44.3 Å². The van der Waals surface area contributed by atoms with Crippen molar-refractivity contribution >= 4 is 11.8 Å². The van der Waals surface area contributed by atoms with Gasteiger partial charge in [0.2, 0.25) is 0 Å². The van der Waals surface area contributed by atoms with Crippen molar-refractivity contribution in [2.75, 3.05) is 0 Å². The zero-order valence-corrected chi connectivity index (χ0v) is 12.3. The SMILES string of the molecule is CCc1ccc(CSc2nnc(CN)n2CC)cc1. The molecule has 1 heterocycles. The number of rotatable bonds is 6. The average Bonchev–Trinajstić information content (AvgIpc) is 2.87. The van der Waals surface area contributed by atoms with Gasteiger partial charge in [0, 0.05) is 12.3 Å². The van der Waals surface area contributed by atoms with Gasteiger partial charge in [-0.05, 0) is 24.5 Å². The van der Waals surface area contributed by atoms with Crippen molar-refractivity contribution in [2.24, 2.45) is 5.73 Å². The first kappa shape index (κ1) is 14.1. The number of nitrogens with two attached hydrogens (primary N) is 1. The third-order valence-corrected chi connectivity index (χ3v) is 4.13. The number of nitrogens with zero attached hydrogens (tertiary/aromatic N) is 3. The Morgan fingerprint density at radius 1 is 1.11 bits per heavy atom. The van der Waals surface area contributed by atoms with Gasteiger partial charge in [0.05, 0.1) is 6.54 Å². The first-order valence-electron chi connectivity index (χ1n) is 6.61. The van der Waals surface area contributed by atoms with Crippen LogP contribution in [-0.2, 0) is 25.3 Å². The van der Waals surface area contributed by atoms with E-state index in [4.69, 9.17) is 5.73 Å². The highest BCUT2D eigenvalue weighted by Crippen LogP contribution is 2.22. The molecule has 0 fully saturated rings. The predicted molar refractivity (Wildman–Crippen MR) is 79.0 cm³/mol. The van der Waals surface area contributed by atoms with Crippen LogP contribution in [0.2, 0.25) is 0 Å². The fraction of sp³-hybridized carbons (Fsp3) is 0.429. The molecule has 0 aliphatic rings. The second-order valence-electron chi connectivity index (χ2n) is 4.31. The van der Waals surface area contributed by atoms with Gasteiger partial charge in [0.1, 0.15) is 5.82 Å². The van der Waals surface area contributed by atoms with Gasteiger partial charge in [-0.1, -0.05) is 43.0 Å². The topological polar surface area (TPSA) is 56.7 Å². The Labute approximate surface area is 118 Å². The van der Waals surface area contributed by atoms with Gasteiger partial charge in [-0.15, -0.1) is 10.2 Å². The molecular weight excluding hydrogens is 256 g/mol. The van der Waals surface area contributed by atoms with E-state index in [-0.39, 0.29) is 0 Å². The molecule has 0 amide bonds. The fourth-order valence-corrected chi connectivity index (χ4v) is 2.89. The molecule has 2 rings (SSSR count). The van der Waals surface area contributed by atoms with Crippen LogP contribution in [0, 0.1) is 0 Å². The highest BCUT2D eigenvalue weighted by molar-refractivity contribution is 7.98. The molecule has 0 saturated carbocycles. The maximum Gasteiger partial charge on any atom is 0.191 e. The number of aromatic nitrogens is 3. The summed E-state index contributed by atoms with van der Waals surface area (Å²) in [6.07, 6.45) is 1.08. The smallest absolute Gasteiger partial charge is 0.191 e. The second kappa shape index (κ2) is 6.73. The Hall–Kier alpha value is -1.33. The molecule has 0 radical (unpaired) electrons. The maximum absolute atomic E-state index is 5.65. The third kappa shape index (κ3) is 3.36. The van der Waals surface area contributed by atoms with E-state index in [2.05, 4.69) is 52.9 Å². The van der Waals surface area contributed by atoms with Crippen LogP contribution in [0.4, 0.5) is 0 Å². The molecular formula is C14H20N4S. The summed E-state index contributed by atoms with van der Waals surface area (Å²) in [5.41, 5.74) is 8.32. The Kier molecular flexibility index (Phi) is 4.99. The molecule has 2 N–H and O–H groups in total. The Balaban J connectivity index is 2.03. The van der Waals surface area contributed by atoms with Crippen molar-refractivity contribution in [3.05, 3.63) is 41.2 Å². The summed E-state index contributed by atoms with van der Waals surface area (Å²) in [7, 11) is 0. The molecule has 102 valence electrons. The quantitative estimate of drug-likeness (QED) is 0.824. The lowest BCUT2D eigenvalue weighted by atomic mass is 10.1. The molecule has 0 spiro atoms. The first-order valence-corrected chi connectivity index (χ1v) is 7.59. The molecule has 0 atom stereocenters. The van der Waals surface area contributed by atoms with Gasteiger partial charge >= 0.3 is 0 Å². The highest BCUT2D eigenvalue weighted by atomic mass is 32.2. The first-order chi connectivity index (χ1) is 9.28. The van der Waals surface area contributed by atoms with Crippen LogP contribution in [0.3, 0.4) is 0 Å². The molecule has 2 aromatic rings. The lowest BCUT2D eigenvalue weighted by molar-refractivity contribution is 0.643. The average molecular weight is 276 g/mol. The van der Waals surface area contributed by atoms with Crippen LogP contribution in [0.15, 0.2) is 29.4 Å². The van der Waals surface area contributed by atoms with Gasteiger partial charge < -0.3 is 10.3 Å².